The number of halogens is 2. The van der Waals surface area contributed by atoms with E-state index in [-0.39, 0.29) is 18.3 Å². The van der Waals surface area contributed by atoms with Crippen LogP contribution in [0, 0.1) is 0 Å². The molecule has 0 atom stereocenters. The van der Waals surface area contributed by atoms with Crippen LogP contribution >= 0.6 is 28.3 Å². The molecule has 2 heterocycles. The van der Waals surface area contributed by atoms with Crippen molar-refractivity contribution in [2.24, 2.45) is 0 Å². The molecule has 0 radical (unpaired) electrons. The molecular weight excluding hydrogens is 404 g/mol. The van der Waals surface area contributed by atoms with Crippen LogP contribution in [0.15, 0.2) is 22.7 Å². The predicted octanol–water partition coefficient (Wildman–Crippen LogP) is 1.93. The quantitative estimate of drug-likeness (QED) is 0.789. The molecule has 3 rings (SSSR count). The average Bonchev–Trinajstić information content (AvgIpc) is 2.88. The molecule has 1 fully saturated rings. The first-order valence-electron chi connectivity index (χ1n) is 7.36. The number of fused-ring (bicyclic) bond motifs is 1. The van der Waals surface area contributed by atoms with Crippen molar-refractivity contribution in [3.63, 3.8) is 0 Å². The third-order valence-electron chi connectivity index (χ3n) is 4.69. The number of carbonyl (C=O) groups is 1. The van der Waals surface area contributed by atoms with E-state index in [0.29, 0.717) is 32.5 Å². The van der Waals surface area contributed by atoms with Gasteiger partial charge in [-0.25, -0.2) is 8.42 Å². The summed E-state index contributed by atoms with van der Waals surface area (Å²) in [5.74, 6) is -0.266. The first-order valence-corrected chi connectivity index (χ1v) is 10.0. The Balaban J connectivity index is 0.00000192. The minimum Gasteiger partial charge on any atom is -0.317 e. The van der Waals surface area contributed by atoms with Gasteiger partial charge >= 0.3 is 0 Å². The lowest BCUT2D eigenvalue weighted by molar-refractivity contribution is -0.121. The molecule has 1 N–H and O–H groups in total. The molecule has 0 aliphatic carbocycles. The van der Waals surface area contributed by atoms with Crippen molar-refractivity contribution in [3.05, 3.63) is 28.2 Å². The number of sulfone groups is 1. The molecule has 8 heteroatoms. The zero-order valence-electron chi connectivity index (χ0n) is 12.8. The van der Waals surface area contributed by atoms with Crippen LogP contribution < -0.4 is 10.2 Å². The Morgan fingerprint density at radius 1 is 1.30 bits per heavy atom. The first-order chi connectivity index (χ1) is 10.3. The van der Waals surface area contributed by atoms with Gasteiger partial charge in [0, 0.05) is 23.0 Å². The number of carbonyl (C=O) groups excluding carboxylic acids is 1. The molecule has 2 aliphatic heterocycles. The second kappa shape index (κ2) is 6.70. The largest absolute Gasteiger partial charge is 0.317 e. The summed E-state index contributed by atoms with van der Waals surface area (Å²) in [6, 6.07) is 5.78. The molecule has 1 saturated heterocycles. The van der Waals surface area contributed by atoms with Crippen LogP contribution in [0.4, 0.5) is 5.69 Å². The lowest BCUT2D eigenvalue weighted by Crippen LogP contribution is -2.58. The van der Waals surface area contributed by atoms with Gasteiger partial charge in [0.15, 0.2) is 14.6 Å². The van der Waals surface area contributed by atoms with Gasteiger partial charge in [0.1, 0.15) is 0 Å². The van der Waals surface area contributed by atoms with Gasteiger partial charge in [0.05, 0.1) is 0 Å². The van der Waals surface area contributed by atoms with Gasteiger partial charge in [-0.15, -0.1) is 12.4 Å². The summed E-state index contributed by atoms with van der Waals surface area (Å²) >= 11 is 3.43. The Morgan fingerprint density at radius 3 is 2.57 bits per heavy atom. The Kier molecular flexibility index (Phi) is 5.45. The van der Waals surface area contributed by atoms with Gasteiger partial charge in [-0.2, -0.15) is 0 Å². The SMILES string of the molecule is CS(=O)(=O)C1(C(=O)N2CCc3cc(Br)ccc32)CCNCC1.Cl. The molecule has 1 aromatic carbocycles. The number of nitrogens with zero attached hydrogens (tertiary/aromatic N) is 1. The third-order valence-corrected chi connectivity index (χ3v) is 7.19. The van der Waals surface area contributed by atoms with Gasteiger partial charge < -0.3 is 10.2 Å². The number of piperidine rings is 1. The van der Waals surface area contributed by atoms with E-state index in [2.05, 4.69) is 21.2 Å². The van der Waals surface area contributed by atoms with Gasteiger partial charge in [-0.05, 0) is 56.1 Å². The summed E-state index contributed by atoms with van der Waals surface area (Å²) < 4.78 is 24.5. The fourth-order valence-electron chi connectivity index (χ4n) is 3.40. The summed E-state index contributed by atoms with van der Waals surface area (Å²) in [5, 5.41) is 3.14. The predicted molar refractivity (Wildman–Crippen MR) is 97.1 cm³/mol. The van der Waals surface area contributed by atoms with Crippen LogP contribution in [-0.4, -0.2) is 45.0 Å². The summed E-state index contributed by atoms with van der Waals surface area (Å²) in [7, 11) is -3.48. The molecule has 1 aromatic rings. The third kappa shape index (κ3) is 3.16. The van der Waals surface area contributed by atoms with E-state index in [4.69, 9.17) is 0 Å². The van der Waals surface area contributed by atoms with E-state index >= 15 is 0 Å². The van der Waals surface area contributed by atoms with E-state index in [9.17, 15) is 13.2 Å². The Labute approximate surface area is 151 Å². The van der Waals surface area contributed by atoms with Crippen LogP contribution in [0.3, 0.4) is 0 Å². The fourth-order valence-corrected chi connectivity index (χ4v) is 5.18. The molecule has 2 aliphatic rings. The van der Waals surface area contributed by atoms with Crippen molar-refractivity contribution in [1.82, 2.24) is 5.32 Å². The maximum absolute atomic E-state index is 13.1. The van der Waals surface area contributed by atoms with E-state index in [1.807, 2.05) is 18.2 Å². The molecule has 23 heavy (non-hydrogen) atoms. The van der Waals surface area contributed by atoms with Crippen LogP contribution in [-0.2, 0) is 21.1 Å². The van der Waals surface area contributed by atoms with Gasteiger partial charge in [0.2, 0.25) is 5.91 Å². The van der Waals surface area contributed by atoms with Crippen LogP contribution in [0.5, 0.6) is 0 Å². The highest BCUT2D eigenvalue weighted by Gasteiger charge is 2.51. The number of nitrogens with one attached hydrogen (secondary N) is 1. The second-order valence-electron chi connectivity index (χ2n) is 6.00. The molecule has 0 aromatic heterocycles. The average molecular weight is 424 g/mol. The van der Waals surface area contributed by atoms with Crippen molar-refractivity contribution in [2.45, 2.75) is 24.0 Å². The number of amides is 1. The van der Waals surface area contributed by atoms with Gasteiger partial charge in [0.25, 0.3) is 0 Å². The monoisotopic (exact) mass is 422 g/mol. The lowest BCUT2D eigenvalue weighted by atomic mass is 9.95. The normalized spacial score (nSPS) is 19.8. The molecule has 1 amide bonds. The standard InChI is InChI=1S/C15H19BrN2O3S.ClH/c1-22(20,21)15(5-7-17-8-6-15)14(19)18-9-4-11-10-12(16)2-3-13(11)18;/h2-3,10,17H,4-9H2,1H3;1H. The molecular formula is C15H20BrClN2O3S. The maximum atomic E-state index is 13.1. The van der Waals surface area contributed by atoms with Crippen molar-refractivity contribution in [1.29, 1.82) is 0 Å². The van der Waals surface area contributed by atoms with E-state index in [1.165, 1.54) is 6.26 Å². The number of hydrogen-bond donors (Lipinski definition) is 1. The minimum absolute atomic E-state index is 0. The molecule has 0 saturated carbocycles. The van der Waals surface area contributed by atoms with Gasteiger partial charge in [-0.1, -0.05) is 15.9 Å². The summed E-state index contributed by atoms with van der Waals surface area (Å²) in [6.07, 6.45) is 2.63. The zero-order valence-corrected chi connectivity index (χ0v) is 16.1. The van der Waals surface area contributed by atoms with Crippen molar-refractivity contribution < 1.29 is 13.2 Å². The number of anilines is 1. The highest BCUT2D eigenvalue weighted by Crippen LogP contribution is 2.36. The minimum atomic E-state index is -3.48. The molecule has 0 bridgehead atoms. The summed E-state index contributed by atoms with van der Waals surface area (Å²) in [6.45, 7) is 1.66. The molecule has 0 unspecified atom stereocenters. The van der Waals surface area contributed by atoms with Crippen molar-refractivity contribution in [2.75, 3.05) is 30.8 Å². The smallest absolute Gasteiger partial charge is 0.248 e. The van der Waals surface area contributed by atoms with E-state index < -0.39 is 14.6 Å². The molecule has 0 spiro atoms. The summed E-state index contributed by atoms with van der Waals surface area (Å²) in [4.78, 5) is 14.8. The number of rotatable bonds is 2. The Hall–Kier alpha value is -0.630. The highest BCUT2D eigenvalue weighted by molar-refractivity contribution is 9.10. The van der Waals surface area contributed by atoms with Crippen molar-refractivity contribution in [3.8, 4) is 0 Å². The molecule has 128 valence electrons. The highest BCUT2D eigenvalue weighted by atomic mass is 79.9. The number of hydrogen-bond acceptors (Lipinski definition) is 4. The van der Waals surface area contributed by atoms with E-state index in [0.717, 1.165) is 22.1 Å². The maximum Gasteiger partial charge on any atom is 0.248 e. The number of benzene rings is 1. The second-order valence-corrected chi connectivity index (χ2v) is 9.24. The topological polar surface area (TPSA) is 66.5 Å². The van der Waals surface area contributed by atoms with Crippen LogP contribution in [0.2, 0.25) is 0 Å². The Bertz CT molecular complexity index is 717. The van der Waals surface area contributed by atoms with Crippen LogP contribution in [0.1, 0.15) is 18.4 Å². The summed E-state index contributed by atoms with van der Waals surface area (Å²) in [5.41, 5.74) is 1.93. The lowest BCUT2D eigenvalue weighted by Gasteiger charge is -2.37. The van der Waals surface area contributed by atoms with Gasteiger partial charge in [-0.3, -0.25) is 4.79 Å². The zero-order chi connectivity index (χ0) is 16.0. The van der Waals surface area contributed by atoms with Crippen molar-refractivity contribution >= 4 is 49.8 Å². The van der Waals surface area contributed by atoms with E-state index in [1.54, 1.807) is 4.90 Å². The Morgan fingerprint density at radius 2 is 1.96 bits per heavy atom. The first kappa shape index (κ1) is 18.7. The van der Waals surface area contributed by atoms with Crippen LogP contribution in [0.25, 0.3) is 0 Å². The molecule has 5 nitrogen and oxygen atoms in total. The fraction of sp³-hybridized carbons (Fsp3) is 0.533.